The van der Waals surface area contributed by atoms with Crippen LogP contribution in [0.5, 0.6) is 5.88 Å². The Labute approximate surface area is 141 Å². The maximum atomic E-state index is 6.06. The fourth-order valence-corrected chi connectivity index (χ4v) is 3.11. The van der Waals surface area contributed by atoms with Gasteiger partial charge in [-0.2, -0.15) is 0 Å². The minimum Gasteiger partial charge on any atom is -0.476 e. The molecular weight excluding hydrogens is 314 g/mol. The molecule has 5 nitrogen and oxygen atoms in total. The Bertz CT molecular complexity index is 632. The summed E-state index contributed by atoms with van der Waals surface area (Å²) in [6, 6.07) is 3.61. The summed E-state index contributed by atoms with van der Waals surface area (Å²) in [5.41, 5.74) is 2.22. The van der Waals surface area contributed by atoms with Crippen LogP contribution in [0.4, 0.5) is 0 Å². The lowest BCUT2D eigenvalue weighted by Crippen LogP contribution is -2.35. The van der Waals surface area contributed by atoms with E-state index in [1.807, 2.05) is 19.9 Å². The number of rotatable bonds is 5. The van der Waals surface area contributed by atoms with Crippen molar-refractivity contribution >= 4 is 11.6 Å². The summed E-state index contributed by atoms with van der Waals surface area (Å²) in [6.07, 6.45) is 3.94. The predicted molar refractivity (Wildman–Crippen MR) is 88.7 cm³/mol. The van der Waals surface area contributed by atoms with Gasteiger partial charge in [-0.1, -0.05) is 16.8 Å². The minimum atomic E-state index is 0.535. The predicted octanol–water partition coefficient (Wildman–Crippen LogP) is 3.63. The summed E-state index contributed by atoms with van der Waals surface area (Å²) >= 11 is 6.06. The van der Waals surface area contributed by atoms with Gasteiger partial charge in [-0.15, -0.1) is 0 Å². The molecule has 0 aliphatic carbocycles. The van der Waals surface area contributed by atoms with E-state index in [1.165, 1.54) is 5.56 Å². The largest absolute Gasteiger partial charge is 0.476 e. The molecule has 6 heteroatoms. The Balaban J connectivity index is 1.46. The van der Waals surface area contributed by atoms with Crippen LogP contribution < -0.4 is 4.74 Å². The normalized spacial score (nSPS) is 16.7. The minimum absolute atomic E-state index is 0.535. The number of halogens is 1. The lowest BCUT2D eigenvalue weighted by atomic mass is 9.97. The Hall–Kier alpha value is -1.59. The van der Waals surface area contributed by atoms with Crippen molar-refractivity contribution in [3.05, 3.63) is 40.4 Å². The molecule has 0 amide bonds. The number of piperidine rings is 1. The highest BCUT2D eigenvalue weighted by molar-refractivity contribution is 6.31. The summed E-state index contributed by atoms with van der Waals surface area (Å²) in [5, 5.41) is 4.60. The quantitative estimate of drug-likeness (QED) is 0.835. The molecule has 3 rings (SSSR count). The van der Waals surface area contributed by atoms with Crippen LogP contribution in [0.3, 0.4) is 0 Å². The van der Waals surface area contributed by atoms with E-state index in [0.29, 0.717) is 23.4 Å². The van der Waals surface area contributed by atoms with Crippen LogP contribution in [0.2, 0.25) is 5.02 Å². The van der Waals surface area contributed by atoms with E-state index in [9.17, 15) is 0 Å². The molecule has 1 aliphatic heterocycles. The first-order chi connectivity index (χ1) is 11.1. The van der Waals surface area contributed by atoms with Gasteiger partial charge >= 0.3 is 0 Å². The highest BCUT2D eigenvalue weighted by Crippen LogP contribution is 2.24. The molecule has 1 fully saturated rings. The van der Waals surface area contributed by atoms with Crippen LogP contribution in [0.15, 0.2) is 22.9 Å². The Morgan fingerprint density at radius 1 is 1.35 bits per heavy atom. The zero-order valence-corrected chi connectivity index (χ0v) is 14.3. The first-order valence-electron chi connectivity index (χ1n) is 8.01. The van der Waals surface area contributed by atoms with Crippen LogP contribution in [-0.4, -0.2) is 34.7 Å². The van der Waals surface area contributed by atoms with Crippen molar-refractivity contribution in [2.75, 3.05) is 19.7 Å². The maximum absolute atomic E-state index is 6.06. The van der Waals surface area contributed by atoms with Crippen molar-refractivity contribution in [2.45, 2.75) is 33.2 Å². The highest BCUT2D eigenvalue weighted by atomic mass is 35.5. The first kappa shape index (κ1) is 16.3. The molecule has 0 radical (unpaired) electrons. The number of likely N-dealkylation sites (tertiary alicyclic amines) is 1. The number of nitrogens with zero attached hydrogens (tertiary/aromatic N) is 3. The standard InChI is InChI=1S/C17H22ClN3O2/c1-12-15(13(2)23-20-12)10-21-8-5-14(6-9-21)11-22-17-16(18)4-3-7-19-17/h3-4,7,14H,5-6,8-11H2,1-2H3. The van der Waals surface area contributed by atoms with Crippen molar-refractivity contribution in [2.24, 2.45) is 5.92 Å². The lowest BCUT2D eigenvalue weighted by molar-refractivity contribution is 0.134. The van der Waals surface area contributed by atoms with E-state index >= 15 is 0 Å². The summed E-state index contributed by atoms with van der Waals surface area (Å²) < 4.78 is 11.0. The number of hydrogen-bond donors (Lipinski definition) is 0. The van der Waals surface area contributed by atoms with Gasteiger partial charge in [0.2, 0.25) is 5.88 Å². The van der Waals surface area contributed by atoms with Crippen LogP contribution >= 0.6 is 11.6 Å². The fourth-order valence-electron chi connectivity index (χ4n) is 2.94. The van der Waals surface area contributed by atoms with E-state index in [4.69, 9.17) is 20.9 Å². The second-order valence-corrected chi connectivity index (χ2v) is 6.53. The lowest BCUT2D eigenvalue weighted by Gasteiger charge is -2.31. The molecule has 2 aromatic rings. The molecule has 0 atom stereocenters. The van der Waals surface area contributed by atoms with E-state index < -0.39 is 0 Å². The van der Waals surface area contributed by atoms with Gasteiger partial charge in [0.1, 0.15) is 10.8 Å². The van der Waals surface area contributed by atoms with Crippen molar-refractivity contribution in [3.63, 3.8) is 0 Å². The first-order valence-corrected chi connectivity index (χ1v) is 8.38. The second kappa shape index (κ2) is 7.32. The Kier molecular flexibility index (Phi) is 5.18. The molecular formula is C17H22ClN3O2. The average Bonchev–Trinajstić information content (AvgIpc) is 2.87. The van der Waals surface area contributed by atoms with Crippen LogP contribution in [0.25, 0.3) is 0 Å². The van der Waals surface area contributed by atoms with Gasteiger partial charge in [-0.25, -0.2) is 4.98 Å². The van der Waals surface area contributed by atoms with Crippen LogP contribution in [0.1, 0.15) is 29.9 Å². The number of aromatic nitrogens is 2. The van der Waals surface area contributed by atoms with E-state index in [-0.39, 0.29) is 0 Å². The maximum Gasteiger partial charge on any atom is 0.232 e. The van der Waals surface area contributed by atoms with Crippen LogP contribution in [0, 0.1) is 19.8 Å². The molecule has 124 valence electrons. The average molecular weight is 336 g/mol. The SMILES string of the molecule is Cc1noc(C)c1CN1CCC(COc2ncccc2Cl)CC1. The summed E-state index contributed by atoms with van der Waals surface area (Å²) in [7, 11) is 0. The molecule has 0 N–H and O–H groups in total. The molecule has 23 heavy (non-hydrogen) atoms. The molecule has 0 aromatic carbocycles. The number of pyridine rings is 1. The van der Waals surface area contributed by atoms with Gasteiger partial charge in [0.05, 0.1) is 12.3 Å². The number of ether oxygens (including phenoxy) is 1. The fraction of sp³-hybridized carbons (Fsp3) is 0.529. The van der Waals surface area contributed by atoms with Crippen LogP contribution in [-0.2, 0) is 6.54 Å². The van der Waals surface area contributed by atoms with Gasteiger partial charge < -0.3 is 9.26 Å². The van der Waals surface area contributed by atoms with Gasteiger partial charge in [0.15, 0.2) is 0 Å². The molecule has 0 spiro atoms. The van der Waals surface area contributed by atoms with Crippen molar-refractivity contribution in [1.82, 2.24) is 15.0 Å². The van der Waals surface area contributed by atoms with Gasteiger partial charge in [0.25, 0.3) is 0 Å². The molecule has 1 aliphatic rings. The van der Waals surface area contributed by atoms with Crippen molar-refractivity contribution < 1.29 is 9.26 Å². The summed E-state index contributed by atoms with van der Waals surface area (Å²) in [4.78, 5) is 6.62. The van der Waals surface area contributed by atoms with Crippen molar-refractivity contribution in [3.8, 4) is 5.88 Å². The molecule has 0 bridgehead atoms. The zero-order chi connectivity index (χ0) is 16.2. The topological polar surface area (TPSA) is 51.4 Å². The molecule has 0 saturated carbocycles. The zero-order valence-electron chi connectivity index (χ0n) is 13.6. The van der Waals surface area contributed by atoms with Gasteiger partial charge in [0, 0.05) is 18.3 Å². The smallest absolute Gasteiger partial charge is 0.232 e. The summed E-state index contributed by atoms with van der Waals surface area (Å²) in [5.74, 6) is 2.01. The third-order valence-electron chi connectivity index (χ3n) is 4.45. The van der Waals surface area contributed by atoms with E-state index in [2.05, 4.69) is 15.0 Å². The highest BCUT2D eigenvalue weighted by Gasteiger charge is 2.22. The molecule has 1 saturated heterocycles. The summed E-state index contributed by atoms with van der Waals surface area (Å²) in [6.45, 7) is 7.70. The second-order valence-electron chi connectivity index (χ2n) is 6.12. The molecule has 3 heterocycles. The molecule has 2 aromatic heterocycles. The number of aryl methyl sites for hydroxylation is 2. The Morgan fingerprint density at radius 2 is 2.13 bits per heavy atom. The monoisotopic (exact) mass is 335 g/mol. The number of hydrogen-bond acceptors (Lipinski definition) is 5. The van der Waals surface area contributed by atoms with Crippen molar-refractivity contribution in [1.29, 1.82) is 0 Å². The third kappa shape index (κ3) is 4.03. The Morgan fingerprint density at radius 3 is 2.78 bits per heavy atom. The van der Waals surface area contributed by atoms with Gasteiger partial charge in [-0.05, 0) is 57.8 Å². The molecule has 0 unspecified atom stereocenters. The van der Waals surface area contributed by atoms with E-state index in [1.54, 1.807) is 12.3 Å². The van der Waals surface area contributed by atoms with Gasteiger partial charge in [-0.3, -0.25) is 4.90 Å². The third-order valence-corrected chi connectivity index (χ3v) is 4.74. The van der Waals surface area contributed by atoms with E-state index in [0.717, 1.165) is 43.9 Å².